The first-order chi connectivity index (χ1) is 14.2. The van der Waals surface area contributed by atoms with Gasteiger partial charge < -0.3 is 20.3 Å². The van der Waals surface area contributed by atoms with Gasteiger partial charge in [-0.3, -0.25) is 9.59 Å². The van der Waals surface area contributed by atoms with Gasteiger partial charge >= 0.3 is 0 Å². The minimum atomic E-state index is -0.389. The summed E-state index contributed by atoms with van der Waals surface area (Å²) in [6.07, 6.45) is 2.24. The van der Waals surface area contributed by atoms with Crippen molar-refractivity contribution in [3.05, 3.63) is 65.2 Å². The average Bonchev–Trinajstić information content (AvgIpc) is 3.27. The molecule has 2 unspecified atom stereocenters. The molecule has 1 saturated heterocycles. The van der Waals surface area contributed by atoms with Gasteiger partial charge in [0, 0.05) is 19.6 Å². The predicted octanol–water partition coefficient (Wildman–Crippen LogP) is 2.02. The third-order valence-electron chi connectivity index (χ3n) is 5.84. The van der Waals surface area contributed by atoms with Crippen molar-refractivity contribution in [1.29, 1.82) is 0 Å². The normalized spacial score (nSPS) is 20.8. The maximum atomic E-state index is 13.1. The highest BCUT2D eigenvalue weighted by Crippen LogP contribution is 2.23. The Balaban J connectivity index is 1.36. The Bertz CT molecular complexity index is 881. The fourth-order valence-electron chi connectivity index (χ4n) is 4.18. The summed E-state index contributed by atoms with van der Waals surface area (Å²) in [7, 11) is 1.63. The number of carbonyl (C=O) groups excluding carboxylic acids is 2. The van der Waals surface area contributed by atoms with Crippen LogP contribution in [0.25, 0.3) is 0 Å². The van der Waals surface area contributed by atoms with E-state index in [1.54, 1.807) is 12.0 Å². The number of ether oxygens (including phenoxy) is 1. The predicted molar refractivity (Wildman–Crippen MR) is 110 cm³/mol. The summed E-state index contributed by atoms with van der Waals surface area (Å²) < 4.78 is 5.16. The smallest absolute Gasteiger partial charge is 0.243 e. The lowest BCUT2D eigenvalue weighted by molar-refractivity contribution is -0.140. The van der Waals surface area contributed by atoms with Crippen molar-refractivity contribution in [3.8, 4) is 5.75 Å². The highest BCUT2D eigenvalue weighted by Gasteiger charge is 2.37. The van der Waals surface area contributed by atoms with Crippen LogP contribution in [0.3, 0.4) is 0 Å². The van der Waals surface area contributed by atoms with E-state index < -0.39 is 0 Å². The standard InChI is InChI=1S/C23H27N3O3/c1-29-19-10-8-16(9-11-19)14-25-22(27)21-7-4-12-26(21)23(28)20-13-17-5-2-3-6-18(17)15-24-20/h2-3,5-6,8-11,20-21,24H,4,7,12-15H2,1H3,(H,25,27). The zero-order valence-electron chi connectivity index (χ0n) is 16.7. The summed E-state index contributed by atoms with van der Waals surface area (Å²) in [5.41, 5.74) is 3.46. The summed E-state index contributed by atoms with van der Waals surface area (Å²) in [5, 5.41) is 6.33. The molecule has 0 bridgehead atoms. The monoisotopic (exact) mass is 393 g/mol. The number of amides is 2. The number of nitrogens with zero attached hydrogens (tertiary/aromatic N) is 1. The van der Waals surface area contributed by atoms with Crippen molar-refractivity contribution in [3.63, 3.8) is 0 Å². The molecule has 2 aromatic carbocycles. The maximum Gasteiger partial charge on any atom is 0.243 e. The van der Waals surface area contributed by atoms with Crippen molar-refractivity contribution in [2.24, 2.45) is 0 Å². The molecule has 2 aliphatic heterocycles. The number of carbonyl (C=O) groups is 2. The van der Waals surface area contributed by atoms with Crippen molar-refractivity contribution < 1.29 is 14.3 Å². The lowest BCUT2D eigenvalue weighted by Gasteiger charge is -2.31. The third kappa shape index (κ3) is 4.27. The number of likely N-dealkylation sites (tertiary alicyclic amines) is 1. The minimum absolute atomic E-state index is 0.0293. The number of rotatable bonds is 5. The highest BCUT2D eigenvalue weighted by molar-refractivity contribution is 5.90. The van der Waals surface area contributed by atoms with E-state index in [0.29, 0.717) is 32.5 Å². The van der Waals surface area contributed by atoms with Gasteiger partial charge in [0.1, 0.15) is 11.8 Å². The molecule has 2 heterocycles. The zero-order chi connectivity index (χ0) is 20.2. The number of hydrogen-bond donors (Lipinski definition) is 2. The Morgan fingerprint density at radius 2 is 1.90 bits per heavy atom. The van der Waals surface area contributed by atoms with Gasteiger partial charge in [0.15, 0.2) is 0 Å². The van der Waals surface area contributed by atoms with Crippen LogP contribution in [0.15, 0.2) is 48.5 Å². The van der Waals surface area contributed by atoms with E-state index in [1.807, 2.05) is 36.4 Å². The summed E-state index contributed by atoms with van der Waals surface area (Å²) in [6.45, 7) is 1.77. The van der Waals surface area contributed by atoms with Crippen LogP contribution in [0.1, 0.15) is 29.5 Å². The van der Waals surface area contributed by atoms with Crippen molar-refractivity contribution in [2.45, 2.75) is 44.4 Å². The molecule has 2 N–H and O–H groups in total. The number of fused-ring (bicyclic) bond motifs is 1. The van der Waals surface area contributed by atoms with Gasteiger partial charge in [-0.05, 0) is 48.1 Å². The van der Waals surface area contributed by atoms with Gasteiger partial charge in [0.25, 0.3) is 0 Å². The van der Waals surface area contributed by atoms with Crippen LogP contribution < -0.4 is 15.4 Å². The van der Waals surface area contributed by atoms with E-state index in [2.05, 4.69) is 22.8 Å². The molecular weight excluding hydrogens is 366 g/mol. The van der Waals surface area contributed by atoms with Gasteiger partial charge in [0.05, 0.1) is 13.2 Å². The summed E-state index contributed by atoms with van der Waals surface area (Å²) >= 11 is 0. The van der Waals surface area contributed by atoms with Gasteiger partial charge in [-0.2, -0.15) is 0 Å². The Morgan fingerprint density at radius 3 is 2.66 bits per heavy atom. The first kappa shape index (κ1) is 19.5. The average molecular weight is 393 g/mol. The topological polar surface area (TPSA) is 70.7 Å². The lowest BCUT2D eigenvalue weighted by Crippen LogP contribution is -2.54. The van der Waals surface area contributed by atoms with Crippen LogP contribution >= 0.6 is 0 Å². The summed E-state index contributed by atoms with van der Waals surface area (Å²) in [6, 6.07) is 15.2. The second-order valence-electron chi connectivity index (χ2n) is 7.66. The molecule has 0 aliphatic carbocycles. The second kappa shape index (κ2) is 8.66. The highest BCUT2D eigenvalue weighted by atomic mass is 16.5. The van der Waals surface area contributed by atoms with Crippen LogP contribution in [0.5, 0.6) is 5.75 Å². The molecule has 152 valence electrons. The first-order valence-corrected chi connectivity index (χ1v) is 10.2. The van der Waals surface area contributed by atoms with Gasteiger partial charge in [-0.1, -0.05) is 36.4 Å². The van der Waals surface area contributed by atoms with Crippen molar-refractivity contribution in [2.75, 3.05) is 13.7 Å². The maximum absolute atomic E-state index is 13.1. The molecule has 0 radical (unpaired) electrons. The number of nitrogens with one attached hydrogen (secondary N) is 2. The van der Waals surface area contributed by atoms with Crippen molar-refractivity contribution >= 4 is 11.8 Å². The largest absolute Gasteiger partial charge is 0.497 e. The molecule has 2 aromatic rings. The summed E-state index contributed by atoms with van der Waals surface area (Å²) in [4.78, 5) is 27.7. The molecule has 2 atom stereocenters. The quantitative estimate of drug-likeness (QED) is 0.815. The summed E-state index contributed by atoms with van der Waals surface area (Å²) in [5.74, 6) is 0.735. The molecule has 6 nitrogen and oxygen atoms in total. The molecule has 0 aromatic heterocycles. The number of methoxy groups -OCH3 is 1. The first-order valence-electron chi connectivity index (χ1n) is 10.2. The van der Waals surface area contributed by atoms with Crippen LogP contribution in [0, 0.1) is 0 Å². The van der Waals surface area contributed by atoms with E-state index >= 15 is 0 Å². The molecule has 2 aliphatic rings. The second-order valence-corrected chi connectivity index (χ2v) is 7.66. The molecule has 0 saturated carbocycles. The van der Waals surface area contributed by atoms with E-state index in [4.69, 9.17) is 4.74 Å². The molecule has 1 fully saturated rings. The Labute approximate surface area is 171 Å². The van der Waals surface area contributed by atoms with Gasteiger partial charge in [-0.25, -0.2) is 0 Å². The lowest BCUT2D eigenvalue weighted by atomic mass is 9.95. The van der Waals surface area contributed by atoms with E-state index in [9.17, 15) is 9.59 Å². The molecule has 29 heavy (non-hydrogen) atoms. The van der Waals surface area contributed by atoms with Gasteiger partial charge in [0.2, 0.25) is 11.8 Å². The van der Waals surface area contributed by atoms with Crippen LogP contribution in [0.2, 0.25) is 0 Å². The Hall–Kier alpha value is -2.86. The molecule has 0 spiro atoms. The van der Waals surface area contributed by atoms with Crippen LogP contribution in [0.4, 0.5) is 0 Å². The van der Waals surface area contributed by atoms with Crippen molar-refractivity contribution in [1.82, 2.24) is 15.5 Å². The fourth-order valence-corrected chi connectivity index (χ4v) is 4.18. The van der Waals surface area contributed by atoms with Crippen LogP contribution in [-0.4, -0.2) is 42.5 Å². The third-order valence-corrected chi connectivity index (χ3v) is 5.84. The molecule has 6 heteroatoms. The fraction of sp³-hybridized carbons (Fsp3) is 0.391. The number of benzene rings is 2. The molecule has 2 amide bonds. The Kier molecular flexibility index (Phi) is 5.81. The van der Waals surface area contributed by atoms with E-state index in [-0.39, 0.29) is 23.9 Å². The SMILES string of the molecule is COc1ccc(CNC(=O)C2CCCN2C(=O)C2Cc3ccccc3CN2)cc1. The van der Waals surface area contributed by atoms with Crippen LogP contribution in [-0.2, 0) is 29.1 Å². The number of hydrogen-bond acceptors (Lipinski definition) is 4. The van der Waals surface area contributed by atoms with Gasteiger partial charge in [-0.15, -0.1) is 0 Å². The minimum Gasteiger partial charge on any atom is -0.497 e. The van der Waals surface area contributed by atoms with E-state index in [1.165, 1.54) is 11.1 Å². The van der Waals surface area contributed by atoms with E-state index in [0.717, 1.165) is 17.7 Å². The Morgan fingerprint density at radius 1 is 1.14 bits per heavy atom. The molecule has 4 rings (SSSR count). The molecular formula is C23H27N3O3. The zero-order valence-corrected chi connectivity index (χ0v) is 16.7.